The molecule has 2 amide bonds. The number of carbonyl (C=O) groups is 1. The number of ether oxygens (including phenoxy) is 1. The van der Waals surface area contributed by atoms with Crippen molar-refractivity contribution < 1.29 is 14.5 Å². The second-order valence-corrected chi connectivity index (χ2v) is 6.26. The minimum atomic E-state index is -0.568. The van der Waals surface area contributed by atoms with Crippen LogP contribution in [0, 0.1) is 10.1 Å². The van der Waals surface area contributed by atoms with Gasteiger partial charge in [0.05, 0.1) is 4.92 Å². The number of piperidine rings is 1. The summed E-state index contributed by atoms with van der Waals surface area (Å²) < 4.78 is 6.34. The van der Waals surface area contributed by atoms with Crippen LogP contribution in [0.4, 0.5) is 10.5 Å². The highest BCUT2D eigenvalue weighted by Gasteiger charge is 2.39. The van der Waals surface area contributed by atoms with Crippen molar-refractivity contribution in [2.24, 2.45) is 0 Å². The summed E-state index contributed by atoms with van der Waals surface area (Å²) in [5, 5.41) is 13.5. The fourth-order valence-corrected chi connectivity index (χ4v) is 3.28. The molecule has 1 fully saturated rings. The predicted molar refractivity (Wildman–Crippen MR) is 97.1 cm³/mol. The summed E-state index contributed by atoms with van der Waals surface area (Å²) in [5.74, 6) is 0.577. The van der Waals surface area contributed by atoms with Crippen LogP contribution in [0.25, 0.3) is 0 Å². The van der Waals surface area contributed by atoms with E-state index < -0.39 is 10.5 Å². The Bertz CT molecular complexity index is 769. The van der Waals surface area contributed by atoms with E-state index in [1.807, 2.05) is 30.3 Å². The summed E-state index contributed by atoms with van der Waals surface area (Å²) >= 11 is 0. The quantitative estimate of drug-likeness (QED) is 0.673. The first-order valence-electron chi connectivity index (χ1n) is 8.50. The summed E-state index contributed by atoms with van der Waals surface area (Å²) in [7, 11) is 1.62. The van der Waals surface area contributed by atoms with E-state index in [9.17, 15) is 14.9 Å². The van der Waals surface area contributed by atoms with Crippen molar-refractivity contribution in [2.45, 2.75) is 18.4 Å². The van der Waals surface area contributed by atoms with Crippen LogP contribution < -0.4 is 10.1 Å². The lowest BCUT2D eigenvalue weighted by Gasteiger charge is -2.42. The van der Waals surface area contributed by atoms with Gasteiger partial charge in [0.1, 0.15) is 11.4 Å². The minimum absolute atomic E-state index is 0.0283. The Morgan fingerprint density at radius 2 is 1.73 bits per heavy atom. The van der Waals surface area contributed by atoms with Crippen molar-refractivity contribution in [1.82, 2.24) is 10.2 Å². The number of hydrogen-bond donors (Lipinski definition) is 1. The minimum Gasteiger partial charge on any atom is -0.482 e. The van der Waals surface area contributed by atoms with Crippen LogP contribution in [0.1, 0.15) is 18.4 Å². The van der Waals surface area contributed by atoms with Gasteiger partial charge in [-0.15, -0.1) is 0 Å². The fraction of sp³-hybridized carbons (Fsp3) is 0.316. The van der Waals surface area contributed by atoms with Gasteiger partial charge in [0.15, 0.2) is 0 Å². The van der Waals surface area contributed by atoms with Crippen LogP contribution in [-0.4, -0.2) is 36.0 Å². The number of hydrogen-bond acceptors (Lipinski definition) is 4. The molecule has 0 radical (unpaired) electrons. The molecule has 1 aliphatic heterocycles. The van der Waals surface area contributed by atoms with E-state index in [1.54, 1.807) is 24.1 Å². The number of nitro benzene ring substituents is 1. The molecule has 1 saturated heterocycles. The standard InChI is InChI=1S/C19H21N3O4/c1-20-18(23)21-13-11-19(12-14-21,15-5-3-2-4-6-15)26-17-9-7-16(8-10-17)22(24)25/h2-10H,11-14H2,1H3,(H,20,23). The molecule has 1 aliphatic rings. The molecule has 1 N–H and O–H groups in total. The van der Waals surface area contributed by atoms with Gasteiger partial charge in [-0.05, 0) is 17.7 Å². The maximum Gasteiger partial charge on any atom is 0.317 e. The Balaban J connectivity index is 1.85. The van der Waals surface area contributed by atoms with Crippen molar-refractivity contribution in [3.63, 3.8) is 0 Å². The molecule has 7 nitrogen and oxygen atoms in total. The van der Waals surface area contributed by atoms with Gasteiger partial charge in [0.25, 0.3) is 5.69 Å². The van der Waals surface area contributed by atoms with E-state index >= 15 is 0 Å². The molecule has 1 heterocycles. The summed E-state index contributed by atoms with van der Waals surface area (Å²) in [6.07, 6.45) is 1.28. The number of carbonyl (C=O) groups excluding carboxylic acids is 1. The molecule has 7 heteroatoms. The molecule has 0 atom stereocenters. The Morgan fingerprint density at radius 1 is 1.12 bits per heavy atom. The van der Waals surface area contributed by atoms with Crippen LogP contribution in [0.3, 0.4) is 0 Å². The van der Waals surface area contributed by atoms with Gasteiger partial charge in [-0.2, -0.15) is 0 Å². The fourth-order valence-electron chi connectivity index (χ4n) is 3.28. The number of nitrogens with one attached hydrogen (secondary N) is 1. The van der Waals surface area contributed by atoms with Crippen LogP contribution in [-0.2, 0) is 5.60 Å². The monoisotopic (exact) mass is 355 g/mol. The van der Waals surface area contributed by atoms with Crippen molar-refractivity contribution in [1.29, 1.82) is 0 Å². The maximum atomic E-state index is 11.9. The van der Waals surface area contributed by atoms with Gasteiger partial charge in [-0.1, -0.05) is 30.3 Å². The molecule has 2 aromatic carbocycles. The normalized spacial score (nSPS) is 16.0. The first-order valence-corrected chi connectivity index (χ1v) is 8.50. The third-order valence-corrected chi connectivity index (χ3v) is 4.73. The lowest BCUT2D eigenvalue weighted by molar-refractivity contribution is -0.384. The predicted octanol–water partition coefficient (Wildman–Crippen LogP) is 3.30. The van der Waals surface area contributed by atoms with E-state index in [0.717, 1.165) is 5.56 Å². The summed E-state index contributed by atoms with van der Waals surface area (Å²) in [4.78, 5) is 24.1. The van der Waals surface area contributed by atoms with Crippen molar-refractivity contribution in [3.05, 3.63) is 70.3 Å². The van der Waals surface area contributed by atoms with Crippen molar-refractivity contribution in [3.8, 4) is 5.75 Å². The molecule has 0 saturated carbocycles. The molecule has 136 valence electrons. The lowest BCUT2D eigenvalue weighted by Crippen LogP contribution is -2.50. The van der Waals surface area contributed by atoms with Crippen LogP contribution >= 0.6 is 0 Å². The largest absolute Gasteiger partial charge is 0.482 e. The summed E-state index contributed by atoms with van der Waals surface area (Å²) in [6, 6.07) is 15.9. The molecule has 0 bridgehead atoms. The number of rotatable bonds is 4. The molecule has 0 unspecified atom stereocenters. The molecular weight excluding hydrogens is 334 g/mol. The third kappa shape index (κ3) is 3.61. The van der Waals surface area contributed by atoms with Gasteiger partial charge in [-0.3, -0.25) is 10.1 Å². The van der Waals surface area contributed by atoms with Gasteiger partial charge >= 0.3 is 6.03 Å². The van der Waals surface area contributed by atoms with Crippen LogP contribution in [0.15, 0.2) is 54.6 Å². The highest BCUT2D eigenvalue weighted by Crippen LogP contribution is 2.38. The lowest BCUT2D eigenvalue weighted by atomic mass is 9.84. The van der Waals surface area contributed by atoms with Crippen LogP contribution in [0.5, 0.6) is 5.75 Å². The zero-order valence-electron chi connectivity index (χ0n) is 14.6. The molecule has 3 rings (SSSR count). The van der Waals surface area contributed by atoms with Crippen molar-refractivity contribution in [2.75, 3.05) is 20.1 Å². The van der Waals surface area contributed by atoms with Gasteiger partial charge in [0.2, 0.25) is 0 Å². The molecule has 26 heavy (non-hydrogen) atoms. The third-order valence-electron chi connectivity index (χ3n) is 4.73. The number of benzene rings is 2. The number of nitrogens with zero attached hydrogens (tertiary/aromatic N) is 2. The zero-order chi connectivity index (χ0) is 18.6. The second kappa shape index (κ2) is 7.43. The van der Waals surface area contributed by atoms with E-state index in [-0.39, 0.29) is 11.7 Å². The SMILES string of the molecule is CNC(=O)N1CCC(Oc2ccc([N+](=O)[O-])cc2)(c2ccccc2)CC1. The number of amides is 2. The zero-order valence-corrected chi connectivity index (χ0v) is 14.6. The average molecular weight is 355 g/mol. The summed E-state index contributed by atoms with van der Waals surface area (Å²) in [5.41, 5.74) is 0.498. The van der Waals surface area contributed by atoms with Gasteiger partial charge in [-0.25, -0.2) is 4.79 Å². The molecular formula is C19H21N3O4. The van der Waals surface area contributed by atoms with Gasteiger partial charge in [0, 0.05) is 45.1 Å². The number of urea groups is 1. The molecule has 0 spiro atoms. The van der Waals surface area contributed by atoms with Crippen LogP contribution in [0.2, 0.25) is 0 Å². The Morgan fingerprint density at radius 3 is 2.27 bits per heavy atom. The van der Waals surface area contributed by atoms with E-state index in [0.29, 0.717) is 31.7 Å². The van der Waals surface area contributed by atoms with Gasteiger partial charge < -0.3 is 15.0 Å². The topological polar surface area (TPSA) is 84.7 Å². The van der Waals surface area contributed by atoms with E-state index in [4.69, 9.17) is 4.74 Å². The number of nitro groups is 1. The Kier molecular flexibility index (Phi) is 5.06. The highest BCUT2D eigenvalue weighted by atomic mass is 16.6. The highest BCUT2D eigenvalue weighted by molar-refractivity contribution is 5.73. The molecule has 0 aromatic heterocycles. The first-order chi connectivity index (χ1) is 12.5. The van der Waals surface area contributed by atoms with E-state index in [1.165, 1.54) is 12.1 Å². The number of non-ortho nitro benzene ring substituents is 1. The van der Waals surface area contributed by atoms with E-state index in [2.05, 4.69) is 5.32 Å². The number of likely N-dealkylation sites (tertiary alicyclic amines) is 1. The molecule has 0 aliphatic carbocycles. The Hall–Kier alpha value is -3.09. The average Bonchev–Trinajstić information content (AvgIpc) is 2.69. The first kappa shape index (κ1) is 17.7. The second-order valence-electron chi connectivity index (χ2n) is 6.26. The molecule has 2 aromatic rings. The maximum absolute atomic E-state index is 11.9. The Labute approximate surface area is 151 Å². The van der Waals surface area contributed by atoms with Crippen molar-refractivity contribution >= 4 is 11.7 Å². The smallest absolute Gasteiger partial charge is 0.317 e. The summed E-state index contributed by atoms with van der Waals surface area (Å²) in [6.45, 7) is 1.14.